The van der Waals surface area contributed by atoms with Gasteiger partial charge in [0.2, 0.25) is 5.91 Å². The van der Waals surface area contributed by atoms with Gasteiger partial charge in [-0.25, -0.2) is 0 Å². The van der Waals surface area contributed by atoms with Crippen molar-refractivity contribution in [1.82, 2.24) is 15.5 Å². The summed E-state index contributed by atoms with van der Waals surface area (Å²) in [7, 11) is 0. The summed E-state index contributed by atoms with van der Waals surface area (Å²) in [5, 5.41) is 6.53. The van der Waals surface area contributed by atoms with Crippen LogP contribution in [-0.4, -0.2) is 29.9 Å². The van der Waals surface area contributed by atoms with Crippen LogP contribution in [0.5, 0.6) is 0 Å². The van der Waals surface area contributed by atoms with Crippen molar-refractivity contribution in [3.8, 4) is 0 Å². The van der Waals surface area contributed by atoms with Gasteiger partial charge >= 0.3 is 0 Å². The minimum absolute atomic E-state index is 0.00592. The number of likely N-dealkylation sites (tertiary alicyclic amines) is 1. The average molecular weight is 315 g/mol. The monoisotopic (exact) mass is 315 g/mol. The maximum absolute atomic E-state index is 12.7. The fourth-order valence-electron chi connectivity index (χ4n) is 3.84. The Balaban J connectivity index is 1.60. The molecule has 126 valence electrons. The first-order chi connectivity index (χ1) is 11.1. The Bertz CT molecular complexity index is 550. The molecule has 0 aromatic heterocycles. The van der Waals surface area contributed by atoms with E-state index in [1.165, 1.54) is 36.0 Å². The molecule has 0 bridgehead atoms. The second-order valence-corrected chi connectivity index (χ2v) is 7.21. The summed E-state index contributed by atoms with van der Waals surface area (Å²) in [5.41, 5.74) is 3.95. The van der Waals surface area contributed by atoms with Gasteiger partial charge in [-0.2, -0.15) is 0 Å². The first kappa shape index (κ1) is 16.5. The molecule has 1 fully saturated rings. The normalized spacial score (nSPS) is 19.6. The number of nitrogens with one attached hydrogen (secondary N) is 2. The molecule has 0 spiro atoms. The summed E-state index contributed by atoms with van der Waals surface area (Å²) in [6, 6.07) is 6.55. The van der Waals surface area contributed by atoms with Crippen LogP contribution in [0, 0.1) is 5.92 Å². The van der Waals surface area contributed by atoms with E-state index in [1.54, 1.807) is 0 Å². The van der Waals surface area contributed by atoms with Crippen LogP contribution in [-0.2, 0) is 24.4 Å². The summed E-state index contributed by atoms with van der Waals surface area (Å²) in [6.45, 7) is 8.95. The van der Waals surface area contributed by atoms with Crippen LogP contribution in [0.25, 0.3) is 0 Å². The topological polar surface area (TPSA) is 44.4 Å². The summed E-state index contributed by atoms with van der Waals surface area (Å²) >= 11 is 0. The Kier molecular flexibility index (Phi) is 5.34. The zero-order valence-corrected chi connectivity index (χ0v) is 14.4. The standard InChI is InChI=1S/C19H29N3O/c1-14(2)18(22-8-4-3-5-9-22)19(23)21-11-15-6-7-16-12-20-13-17(16)10-15/h6-7,10,14,18,20H,3-5,8-9,11-13H2,1-2H3,(H,21,23). The zero-order valence-electron chi connectivity index (χ0n) is 14.4. The van der Waals surface area contributed by atoms with E-state index in [0.717, 1.165) is 26.2 Å². The van der Waals surface area contributed by atoms with E-state index in [2.05, 4.69) is 47.6 Å². The van der Waals surface area contributed by atoms with Crippen LogP contribution in [0.3, 0.4) is 0 Å². The van der Waals surface area contributed by atoms with E-state index < -0.39 is 0 Å². The minimum atomic E-state index is 0.00592. The van der Waals surface area contributed by atoms with Crippen molar-refractivity contribution in [1.29, 1.82) is 0 Å². The molecule has 2 aliphatic rings. The summed E-state index contributed by atoms with van der Waals surface area (Å²) in [6.07, 6.45) is 3.73. The number of hydrogen-bond acceptors (Lipinski definition) is 3. The fraction of sp³-hybridized carbons (Fsp3) is 0.632. The summed E-state index contributed by atoms with van der Waals surface area (Å²) < 4.78 is 0. The van der Waals surface area contributed by atoms with Gasteiger partial charge in [0.15, 0.2) is 0 Å². The van der Waals surface area contributed by atoms with E-state index >= 15 is 0 Å². The molecule has 0 radical (unpaired) electrons. The number of carbonyl (C=O) groups excluding carboxylic acids is 1. The fourth-order valence-corrected chi connectivity index (χ4v) is 3.84. The van der Waals surface area contributed by atoms with Crippen LogP contribution in [0.4, 0.5) is 0 Å². The van der Waals surface area contributed by atoms with Crippen molar-refractivity contribution in [2.75, 3.05) is 13.1 Å². The van der Waals surface area contributed by atoms with Crippen LogP contribution in [0.2, 0.25) is 0 Å². The molecule has 4 nitrogen and oxygen atoms in total. The molecule has 1 amide bonds. The van der Waals surface area contributed by atoms with Crippen molar-refractivity contribution >= 4 is 5.91 Å². The highest BCUT2D eigenvalue weighted by Crippen LogP contribution is 2.19. The first-order valence-electron chi connectivity index (χ1n) is 8.98. The second kappa shape index (κ2) is 7.45. The number of piperidine rings is 1. The number of fused-ring (bicyclic) bond motifs is 1. The second-order valence-electron chi connectivity index (χ2n) is 7.21. The van der Waals surface area contributed by atoms with Gasteiger partial charge < -0.3 is 10.6 Å². The predicted octanol–water partition coefficient (Wildman–Crippen LogP) is 2.42. The largest absolute Gasteiger partial charge is 0.351 e. The van der Waals surface area contributed by atoms with Crippen LogP contribution in [0.15, 0.2) is 18.2 Å². The Morgan fingerprint density at radius 3 is 2.65 bits per heavy atom. The van der Waals surface area contributed by atoms with Crippen LogP contribution in [0.1, 0.15) is 49.8 Å². The highest BCUT2D eigenvalue weighted by molar-refractivity contribution is 5.82. The lowest BCUT2D eigenvalue weighted by Crippen LogP contribution is -2.51. The van der Waals surface area contributed by atoms with Crippen molar-refractivity contribution in [3.05, 3.63) is 34.9 Å². The van der Waals surface area contributed by atoms with E-state index in [1.807, 2.05) is 0 Å². The van der Waals surface area contributed by atoms with Crippen molar-refractivity contribution < 1.29 is 4.79 Å². The molecular formula is C19H29N3O. The molecule has 2 aliphatic heterocycles. The number of hydrogen-bond donors (Lipinski definition) is 2. The molecule has 0 saturated carbocycles. The van der Waals surface area contributed by atoms with Gasteiger partial charge in [0, 0.05) is 19.6 Å². The van der Waals surface area contributed by atoms with Crippen molar-refractivity contribution in [2.45, 2.75) is 58.8 Å². The Labute approximate surface area is 139 Å². The zero-order chi connectivity index (χ0) is 16.2. The summed E-state index contributed by atoms with van der Waals surface area (Å²) in [4.78, 5) is 15.1. The number of benzene rings is 1. The molecule has 0 aliphatic carbocycles. The molecule has 1 aromatic rings. The third kappa shape index (κ3) is 3.93. The molecule has 1 atom stereocenters. The van der Waals surface area contributed by atoms with Gasteiger partial charge in [-0.05, 0) is 48.5 Å². The lowest BCUT2D eigenvalue weighted by molar-refractivity contribution is -0.128. The van der Waals surface area contributed by atoms with Crippen molar-refractivity contribution in [3.63, 3.8) is 0 Å². The predicted molar refractivity (Wildman–Crippen MR) is 92.9 cm³/mol. The van der Waals surface area contributed by atoms with E-state index in [-0.39, 0.29) is 11.9 Å². The number of carbonyl (C=O) groups is 1. The third-order valence-corrected chi connectivity index (χ3v) is 5.05. The highest BCUT2D eigenvalue weighted by atomic mass is 16.2. The van der Waals surface area contributed by atoms with E-state index in [4.69, 9.17) is 0 Å². The molecule has 4 heteroatoms. The van der Waals surface area contributed by atoms with Gasteiger partial charge in [0.05, 0.1) is 6.04 Å². The number of amides is 1. The number of nitrogens with zero attached hydrogens (tertiary/aromatic N) is 1. The van der Waals surface area contributed by atoms with Gasteiger partial charge in [-0.3, -0.25) is 9.69 Å². The van der Waals surface area contributed by atoms with Gasteiger partial charge in [-0.15, -0.1) is 0 Å². The summed E-state index contributed by atoms with van der Waals surface area (Å²) in [5.74, 6) is 0.526. The Morgan fingerprint density at radius 2 is 1.91 bits per heavy atom. The lowest BCUT2D eigenvalue weighted by atomic mass is 9.98. The average Bonchev–Trinajstić information content (AvgIpc) is 3.01. The molecular weight excluding hydrogens is 286 g/mol. The first-order valence-corrected chi connectivity index (χ1v) is 8.98. The third-order valence-electron chi connectivity index (χ3n) is 5.05. The highest BCUT2D eigenvalue weighted by Gasteiger charge is 2.29. The van der Waals surface area contributed by atoms with E-state index in [0.29, 0.717) is 12.5 Å². The molecule has 1 aromatic carbocycles. The smallest absolute Gasteiger partial charge is 0.237 e. The molecule has 23 heavy (non-hydrogen) atoms. The molecule has 1 saturated heterocycles. The van der Waals surface area contributed by atoms with Crippen LogP contribution < -0.4 is 10.6 Å². The maximum Gasteiger partial charge on any atom is 0.237 e. The maximum atomic E-state index is 12.7. The molecule has 2 heterocycles. The van der Waals surface area contributed by atoms with Crippen molar-refractivity contribution in [2.24, 2.45) is 5.92 Å². The van der Waals surface area contributed by atoms with E-state index in [9.17, 15) is 4.79 Å². The van der Waals surface area contributed by atoms with Gasteiger partial charge in [0.1, 0.15) is 0 Å². The van der Waals surface area contributed by atoms with Gasteiger partial charge in [-0.1, -0.05) is 38.5 Å². The SMILES string of the molecule is CC(C)C(C(=O)NCc1ccc2c(c1)CNC2)N1CCCCC1. The Hall–Kier alpha value is -1.39. The molecule has 3 rings (SSSR count). The van der Waals surface area contributed by atoms with Gasteiger partial charge in [0.25, 0.3) is 0 Å². The van der Waals surface area contributed by atoms with Crippen LogP contribution >= 0.6 is 0 Å². The lowest BCUT2D eigenvalue weighted by Gasteiger charge is -2.35. The molecule has 2 N–H and O–H groups in total. The Morgan fingerprint density at radius 1 is 1.17 bits per heavy atom. The number of rotatable bonds is 5. The quantitative estimate of drug-likeness (QED) is 0.877. The molecule has 1 unspecified atom stereocenters. The minimum Gasteiger partial charge on any atom is -0.351 e.